The molecule has 1 rings (SSSR count). The molecule has 1 N–H and O–H groups in total. The maximum atomic E-state index is 11.2. The Bertz CT molecular complexity index is 292. The normalized spacial score (nSPS) is 23.0. The first-order valence-corrected chi connectivity index (χ1v) is 4.70. The molecular formula is C11H16N2O. The molecule has 1 saturated heterocycles. The molecule has 0 aromatic carbocycles. The van der Waals surface area contributed by atoms with Crippen LogP contribution < -0.4 is 5.32 Å². The minimum Gasteiger partial charge on any atom is -0.342 e. The molecule has 0 aliphatic carbocycles. The third-order valence-corrected chi connectivity index (χ3v) is 2.27. The average Bonchev–Trinajstić information content (AvgIpc) is 2.51. The van der Waals surface area contributed by atoms with E-state index in [-0.39, 0.29) is 11.9 Å². The van der Waals surface area contributed by atoms with Gasteiger partial charge in [0, 0.05) is 5.70 Å². The standard InChI is InChI=1S/C11H16N2O/c1-4-6-7-10(5-2)13-8-12-11(14)9(13)3/h4-7,9H,2,8H2,1,3H3,(H,12,14)/b6-4-,10-7+. The van der Waals surface area contributed by atoms with Crippen molar-refractivity contribution in [2.24, 2.45) is 0 Å². The lowest BCUT2D eigenvalue weighted by Gasteiger charge is -2.21. The van der Waals surface area contributed by atoms with Crippen LogP contribution in [0, 0.1) is 0 Å². The Morgan fingerprint density at radius 1 is 1.71 bits per heavy atom. The summed E-state index contributed by atoms with van der Waals surface area (Å²) in [6.45, 7) is 8.14. The average molecular weight is 192 g/mol. The summed E-state index contributed by atoms with van der Waals surface area (Å²) >= 11 is 0. The first-order chi connectivity index (χ1) is 6.70. The van der Waals surface area contributed by atoms with Gasteiger partial charge in [0.15, 0.2) is 0 Å². The van der Waals surface area contributed by atoms with Crippen molar-refractivity contribution >= 4 is 5.91 Å². The Balaban J connectivity index is 2.80. The van der Waals surface area contributed by atoms with Gasteiger partial charge in [0.2, 0.25) is 5.91 Å². The van der Waals surface area contributed by atoms with Gasteiger partial charge in [-0.3, -0.25) is 4.79 Å². The van der Waals surface area contributed by atoms with E-state index in [9.17, 15) is 4.79 Å². The smallest absolute Gasteiger partial charge is 0.243 e. The molecule has 1 fully saturated rings. The summed E-state index contributed by atoms with van der Waals surface area (Å²) in [4.78, 5) is 13.2. The van der Waals surface area contributed by atoms with Gasteiger partial charge < -0.3 is 10.2 Å². The Morgan fingerprint density at radius 3 is 2.86 bits per heavy atom. The topological polar surface area (TPSA) is 32.3 Å². The summed E-state index contributed by atoms with van der Waals surface area (Å²) in [5.74, 6) is 0.0678. The monoisotopic (exact) mass is 192 g/mol. The molecule has 3 heteroatoms. The third-order valence-electron chi connectivity index (χ3n) is 2.27. The van der Waals surface area contributed by atoms with Gasteiger partial charge in [0.05, 0.1) is 6.67 Å². The Kier molecular flexibility index (Phi) is 3.51. The van der Waals surface area contributed by atoms with Gasteiger partial charge in [-0.15, -0.1) is 0 Å². The summed E-state index contributed by atoms with van der Waals surface area (Å²) in [6, 6.07) is -0.107. The van der Waals surface area contributed by atoms with Crippen LogP contribution in [-0.4, -0.2) is 23.5 Å². The molecule has 1 heterocycles. The fourth-order valence-corrected chi connectivity index (χ4v) is 1.38. The van der Waals surface area contributed by atoms with Gasteiger partial charge in [0.25, 0.3) is 0 Å². The molecule has 1 atom stereocenters. The summed E-state index contributed by atoms with van der Waals surface area (Å²) in [7, 11) is 0. The SMILES string of the molecule is C=C/C(=C\C=C/C)N1CNC(=O)C1C. The zero-order chi connectivity index (χ0) is 10.6. The summed E-state index contributed by atoms with van der Waals surface area (Å²) in [5.41, 5.74) is 0.967. The number of allylic oxidation sites excluding steroid dienone is 4. The summed E-state index contributed by atoms with van der Waals surface area (Å²) < 4.78 is 0. The van der Waals surface area contributed by atoms with E-state index in [1.54, 1.807) is 6.08 Å². The zero-order valence-electron chi connectivity index (χ0n) is 8.66. The molecule has 1 unspecified atom stereocenters. The van der Waals surface area contributed by atoms with E-state index in [0.29, 0.717) is 6.67 Å². The van der Waals surface area contributed by atoms with Gasteiger partial charge in [0.1, 0.15) is 6.04 Å². The van der Waals surface area contributed by atoms with Gasteiger partial charge in [-0.2, -0.15) is 0 Å². The Morgan fingerprint density at radius 2 is 2.43 bits per heavy atom. The first-order valence-electron chi connectivity index (χ1n) is 4.70. The van der Waals surface area contributed by atoms with Crippen molar-refractivity contribution in [2.75, 3.05) is 6.67 Å². The van der Waals surface area contributed by atoms with E-state index in [0.717, 1.165) is 5.70 Å². The van der Waals surface area contributed by atoms with Crippen LogP contribution in [0.25, 0.3) is 0 Å². The highest BCUT2D eigenvalue weighted by Gasteiger charge is 2.27. The first kappa shape index (κ1) is 10.6. The molecule has 0 spiro atoms. The van der Waals surface area contributed by atoms with Crippen molar-refractivity contribution in [3.63, 3.8) is 0 Å². The lowest BCUT2D eigenvalue weighted by atomic mass is 10.2. The number of nitrogens with one attached hydrogen (secondary N) is 1. The molecule has 1 amide bonds. The lowest BCUT2D eigenvalue weighted by molar-refractivity contribution is -0.120. The van der Waals surface area contributed by atoms with Crippen molar-refractivity contribution in [3.05, 3.63) is 36.6 Å². The lowest BCUT2D eigenvalue weighted by Crippen LogP contribution is -2.28. The van der Waals surface area contributed by atoms with Crippen LogP contribution in [-0.2, 0) is 4.79 Å². The fraction of sp³-hybridized carbons (Fsp3) is 0.364. The number of hydrogen-bond donors (Lipinski definition) is 1. The molecule has 0 radical (unpaired) electrons. The number of nitrogens with zero attached hydrogens (tertiary/aromatic N) is 1. The maximum absolute atomic E-state index is 11.2. The van der Waals surface area contributed by atoms with Crippen molar-refractivity contribution < 1.29 is 4.79 Å². The minimum absolute atomic E-state index is 0.0678. The highest BCUT2D eigenvalue weighted by Crippen LogP contribution is 2.14. The molecule has 0 aromatic heterocycles. The number of carbonyl (C=O) groups excluding carboxylic acids is 1. The predicted octanol–water partition coefficient (Wildman–Crippen LogP) is 1.41. The molecule has 76 valence electrons. The molecule has 1 aliphatic rings. The minimum atomic E-state index is -0.107. The van der Waals surface area contributed by atoms with Crippen LogP contribution in [0.5, 0.6) is 0 Å². The Labute approximate surface area is 84.8 Å². The second kappa shape index (κ2) is 4.65. The molecule has 0 aromatic rings. The molecule has 14 heavy (non-hydrogen) atoms. The molecule has 0 saturated carbocycles. The number of carbonyl (C=O) groups is 1. The number of amides is 1. The van der Waals surface area contributed by atoms with Crippen molar-refractivity contribution in [3.8, 4) is 0 Å². The third kappa shape index (κ3) is 2.05. The number of rotatable bonds is 3. The van der Waals surface area contributed by atoms with Gasteiger partial charge in [-0.05, 0) is 26.0 Å². The van der Waals surface area contributed by atoms with Crippen LogP contribution in [0.2, 0.25) is 0 Å². The summed E-state index contributed by atoms with van der Waals surface area (Å²) in [6.07, 6.45) is 7.59. The zero-order valence-corrected chi connectivity index (χ0v) is 8.66. The van der Waals surface area contributed by atoms with Crippen molar-refractivity contribution in [1.82, 2.24) is 10.2 Å². The molecule has 1 aliphatic heterocycles. The molecule has 0 bridgehead atoms. The van der Waals surface area contributed by atoms with Crippen LogP contribution in [0.15, 0.2) is 36.6 Å². The largest absolute Gasteiger partial charge is 0.342 e. The molecular weight excluding hydrogens is 176 g/mol. The van der Waals surface area contributed by atoms with Gasteiger partial charge >= 0.3 is 0 Å². The highest BCUT2D eigenvalue weighted by atomic mass is 16.2. The van der Waals surface area contributed by atoms with E-state index in [1.807, 2.05) is 37.0 Å². The van der Waals surface area contributed by atoms with E-state index in [1.165, 1.54) is 0 Å². The maximum Gasteiger partial charge on any atom is 0.243 e. The van der Waals surface area contributed by atoms with Gasteiger partial charge in [-0.1, -0.05) is 18.7 Å². The van der Waals surface area contributed by atoms with E-state index in [4.69, 9.17) is 0 Å². The predicted molar refractivity (Wildman–Crippen MR) is 57.4 cm³/mol. The quantitative estimate of drug-likeness (QED) is 0.686. The van der Waals surface area contributed by atoms with E-state index >= 15 is 0 Å². The van der Waals surface area contributed by atoms with Crippen LogP contribution in [0.4, 0.5) is 0 Å². The number of hydrogen-bond acceptors (Lipinski definition) is 2. The fourth-order valence-electron chi connectivity index (χ4n) is 1.38. The second-order valence-corrected chi connectivity index (χ2v) is 3.17. The second-order valence-electron chi connectivity index (χ2n) is 3.17. The van der Waals surface area contributed by atoms with Crippen LogP contribution in [0.3, 0.4) is 0 Å². The van der Waals surface area contributed by atoms with Crippen molar-refractivity contribution in [2.45, 2.75) is 19.9 Å². The van der Waals surface area contributed by atoms with Crippen LogP contribution in [0.1, 0.15) is 13.8 Å². The highest BCUT2D eigenvalue weighted by molar-refractivity contribution is 5.83. The van der Waals surface area contributed by atoms with E-state index in [2.05, 4.69) is 11.9 Å². The van der Waals surface area contributed by atoms with Gasteiger partial charge in [-0.25, -0.2) is 0 Å². The van der Waals surface area contributed by atoms with Crippen molar-refractivity contribution in [1.29, 1.82) is 0 Å². The van der Waals surface area contributed by atoms with Crippen LogP contribution >= 0.6 is 0 Å². The molecule has 3 nitrogen and oxygen atoms in total. The summed E-state index contributed by atoms with van der Waals surface area (Å²) in [5, 5.41) is 2.78. The van der Waals surface area contributed by atoms with E-state index < -0.39 is 0 Å². The Hall–Kier alpha value is -1.51.